The Bertz CT molecular complexity index is 640. The molecule has 0 unspecified atom stereocenters. The van der Waals surface area contributed by atoms with E-state index in [2.05, 4.69) is 30.9 Å². The fourth-order valence-corrected chi connectivity index (χ4v) is 2.61. The maximum atomic E-state index is 10.4. The third kappa shape index (κ3) is 6.24. The quantitative estimate of drug-likeness (QED) is 0.705. The summed E-state index contributed by atoms with van der Waals surface area (Å²) in [7, 11) is 3.29. The van der Waals surface area contributed by atoms with Crippen molar-refractivity contribution in [3.05, 3.63) is 54.1 Å². The van der Waals surface area contributed by atoms with Crippen molar-refractivity contribution in [1.82, 2.24) is 4.90 Å². The third-order valence-corrected chi connectivity index (χ3v) is 4.22. The molecule has 5 heteroatoms. The first-order valence-electron chi connectivity index (χ1n) is 8.83. The predicted molar refractivity (Wildman–Crippen MR) is 103 cm³/mol. The highest BCUT2D eigenvalue weighted by Gasteiger charge is 2.16. The van der Waals surface area contributed by atoms with Crippen LogP contribution in [0.25, 0.3) is 0 Å². The summed E-state index contributed by atoms with van der Waals surface area (Å²) in [5.41, 5.74) is 1.18. The van der Waals surface area contributed by atoms with Gasteiger partial charge in [0.05, 0.1) is 14.2 Å². The van der Waals surface area contributed by atoms with E-state index in [1.54, 1.807) is 14.2 Å². The van der Waals surface area contributed by atoms with Crippen molar-refractivity contribution in [2.75, 3.05) is 27.4 Å². The van der Waals surface area contributed by atoms with E-state index in [-0.39, 0.29) is 6.61 Å². The number of rotatable bonds is 10. The average Bonchev–Trinajstić information content (AvgIpc) is 2.66. The van der Waals surface area contributed by atoms with E-state index in [4.69, 9.17) is 14.2 Å². The minimum absolute atomic E-state index is 0.248. The minimum atomic E-state index is -0.572. The molecule has 0 radical (unpaired) electrons. The maximum absolute atomic E-state index is 10.4. The van der Waals surface area contributed by atoms with E-state index >= 15 is 0 Å². The fourth-order valence-electron chi connectivity index (χ4n) is 2.61. The maximum Gasteiger partial charge on any atom is 0.119 e. The van der Waals surface area contributed by atoms with Gasteiger partial charge in [-0.1, -0.05) is 12.1 Å². The Morgan fingerprint density at radius 1 is 0.846 bits per heavy atom. The van der Waals surface area contributed by atoms with Gasteiger partial charge in [-0.3, -0.25) is 4.90 Å². The Morgan fingerprint density at radius 2 is 1.35 bits per heavy atom. The molecule has 0 spiro atoms. The second kappa shape index (κ2) is 10.0. The zero-order valence-corrected chi connectivity index (χ0v) is 16.0. The predicted octanol–water partition coefficient (Wildman–Crippen LogP) is 3.35. The van der Waals surface area contributed by atoms with Crippen molar-refractivity contribution in [2.45, 2.75) is 32.5 Å². The first-order chi connectivity index (χ1) is 12.5. The lowest BCUT2D eigenvalue weighted by atomic mass is 10.1. The van der Waals surface area contributed by atoms with Crippen LogP contribution >= 0.6 is 0 Å². The summed E-state index contributed by atoms with van der Waals surface area (Å²) in [6, 6.07) is 15.7. The molecule has 0 fully saturated rings. The minimum Gasteiger partial charge on any atom is -0.497 e. The summed E-state index contributed by atoms with van der Waals surface area (Å²) in [6.45, 7) is 5.81. The van der Waals surface area contributed by atoms with E-state index in [9.17, 15) is 5.11 Å². The van der Waals surface area contributed by atoms with E-state index in [0.29, 0.717) is 12.6 Å². The van der Waals surface area contributed by atoms with Crippen LogP contribution in [-0.2, 0) is 6.54 Å². The standard InChI is InChI=1S/C21H29NO4/c1-16(2)22(13-17-5-7-19(24-3)8-6-17)14-18(23)15-26-21-11-9-20(25-4)10-12-21/h5-12,16,18,23H,13-15H2,1-4H3/t18-/m0/s1. The van der Waals surface area contributed by atoms with Crippen LogP contribution in [-0.4, -0.2) is 49.5 Å². The van der Waals surface area contributed by atoms with Crippen LogP contribution in [0.15, 0.2) is 48.5 Å². The second-order valence-corrected chi connectivity index (χ2v) is 6.51. The van der Waals surface area contributed by atoms with Gasteiger partial charge >= 0.3 is 0 Å². The van der Waals surface area contributed by atoms with Crippen LogP contribution in [0.4, 0.5) is 0 Å². The first kappa shape index (κ1) is 20.1. The topological polar surface area (TPSA) is 51.2 Å². The Labute approximate surface area is 156 Å². The average molecular weight is 359 g/mol. The van der Waals surface area contributed by atoms with E-state index in [1.165, 1.54) is 5.56 Å². The second-order valence-electron chi connectivity index (χ2n) is 6.51. The molecule has 2 aromatic rings. The van der Waals surface area contributed by atoms with Gasteiger partial charge in [-0.2, -0.15) is 0 Å². The van der Waals surface area contributed by atoms with Gasteiger partial charge in [-0.15, -0.1) is 0 Å². The van der Waals surface area contributed by atoms with Gasteiger partial charge < -0.3 is 19.3 Å². The van der Waals surface area contributed by atoms with Gasteiger partial charge in [0.1, 0.15) is 30.0 Å². The number of nitrogens with zero attached hydrogens (tertiary/aromatic N) is 1. The Kier molecular flexibility index (Phi) is 7.75. The van der Waals surface area contributed by atoms with Gasteiger partial charge in [0, 0.05) is 19.1 Å². The molecule has 0 saturated carbocycles. The van der Waals surface area contributed by atoms with Crippen molar-refractivity contribution in [1.29, 1.82) is 0 Å². The Hall–Kier alpha value is -2.24. The summed E-state index contributed by atoms with van der Waals surface area (Å²) in [6.07, 6.45) is -0.572. The molecular formula is C21H29NO4. The lowest BCUT2D eigenvalue weighted by Crippen LogP contribution is -2.39. The lowest BCUT2D eigenvalue weighted by molar-refractivity contribution is 0.0543. The highest BCUT2D eigenvalue weighted by molar-refractivity contribution is 5.31. The molecule has 0 saturated heterocycles. The summed E-state index contributed by atoms with van der Waals surface area (Å²) in [5.74, 6) is 2.34. The molecule has 0 aliphatic carbocycles. The number of aliphatic hydroxyl groups is 1. The van der Waals surface area contributed by atoms with Crippen LogP contribution in [0.3, 0.4) is 0 Å². The zero-order chi connectivity index (χ0) is 18.9. The van der Waals surface area contributed by atoms with Gasteiger partial charge in [-0.25, -0.2) is 0 Å². The van der Waals surface area contributed by atoms with Crippen molar-refractivity contribution in [2.24, 2.45) is 0 Å². The molecule has 2 rings (SSSR count). The number of benzene rings is 2. The van der Waals surface area contributed by atoms with E-state index in [1.807, 2.05) is 36.4 Å². The van der Waals surface area contributed by atoms with Crippen molar-refractivity contribution in [3.63, 3.8) is 0 Å². The Balaban J connectivity index is 1.86. The molecule has 0 bridgehead atoms. The highest BCUT2D eigenvalue weighted by atomic mass is 16.5. The van der Waals surface area contributed by atoms with Crippen molar-refractivity contribution >= 4 is 0 Å². The first-order valence-corrected chi connectivity index (χ1v) is 8.83. The monoisotopic (exact) mass is 359 g/mol. The fraction of sp³-hybridized carbons (Fsp3) is 0.429. The molecule has 5 nitrogen and oxygen atoms in total. The van der Waals surface area contributed by atoms with Crippen LogP contribution < -0.4 is 14.2 Å². The smallest absolute Gasteiger partial charge is 0.119 e. The normalized spacial score (nSPS) is 12.3. The largest absolute Gasteiger partial charge is 0.497 e. The zero-order valence-electron chi connectivity index (χ0n) is 16.0. The lowest BCUT2D eigenvalue weighted by Gasteiger charge is -2.29. The van der Waals surface area contributed by atoms with Crippen molar-refractivity contribution in [3.8, 4) is 17.2 Å². The Morgan fingerprint density at radius 3 is 1.85 bits per heavy atom. The molecule has 0 aliphatic rings. The summed E-state index contributed by atoms with van der Waals surface area (Å²) in [5, 5.41) is 10.4. The molecule has 0 aromatic heterocycles. The van der Waals surface area contributed by atoms with Crippen molar-refractivity contribution < 1.29 is 19.3 Å². The molecule has 26 heavy (non-hydrogen) atoms. The molecule has 0 aliphatic heterocycles. The summed E-state index contributed by atoms with van der Waals surface area (Å²) >= 11 is 0. The van der Waals surface area contributed by atoms with Crippen LogP contribution in [0, 0.1) is 0 Å². The molecule has 142 valence electrons. The molecule has 1 atom stereocenters. The molecule has 1 N–H and O–H groups in total. The summed E-state index contributed by atoms with van der Waals surface area (Å²) in [4.78, 5) is 2.23. The van der Waals surface area contributed by atoms with E-state index in [0.717, 1.165) is 23.8 Å². The van der Waals surface area contributed by atoms with Gasteiger partial charge in [-0.05, 0) is 55.8 Å². The molecular weight excluding hydrogens is 330 g/mol. The highest BCUT2D eigenvalue weighted by Crippen LogP contribution is 2.18. The number of methoxy groups -OCH3 is 2. The summed E-state index contributed by atoms with van der Waals surface area (Å²) < 4.78 is 16.0. The number of hydrogen-bond acceptors (Lipinski definition) is 5. The number of ether oxygens (including phenoxy) is 3. The van der Waals surface area contributed by atoms with Gasteiger partial charge in [0.25, 0.3) is 0 Å². The molecule has 2 aromatic carbocycles. The van der Waals surface area contributed by atoms with Gasteiger partial charge in [0.2, 0.25) is 0 Å². The number of aliphatic hydroxyl groups excluding tert-OH is 1. The molecule has 0 amide bonds. The third-order valence-electron chi connectivity index (χ3n) is 4.22. The van der Waals surface area contributed by atoms with Crippen LogP contribution in [0.1, 0.15) is 19.4 Å². The van der Waals surface area contributed by atoms with Gasteiger partial charge in [0.15, 0.2) is 0 Å². The van der Waals surface area contributed by atoms with E-state index < -0.39 is 6.10 Å². The molecule has 0 heterocycles. The van der Waals surface area contributed by atoms with Crippen LogP contribution in [0.5, 0.6) is 17.2 Å². The van der Waals surface area contributed by atoms with Crippen LogP contribution in [0.2, 0.25) is 0 Å². The SMILES string of the molecule is COc1ccc(CN(C[C@H](O)COc2ccc(OC)cc2)C(C)C)cc1. The number of hydrogen-bond donors (Lipinski definition) is 1.